The Bertz CT molecular complexity index is 305. The van der Waals surface area contributed by atoms with E-state index in [4.69, 9.17) is 0 Å². The normalized spacial score (nSPS) is 8.75. The molecule has 58 valence electrons. The summed E-state index contributed by atoms with van der Waals surface area (Å²) in [5, 5.41) is 20.9. The van der Waals surface area contributed by atoms with Gasteiger partial charge in [-0.05, 0) is 0 Å². The van der Waals surface area contributed by atoms with Gasteiger partial charge in [-0.3, -0.25) is 10.1 Å². The van der Waals surface area contributed by atoms with Gasteiger partial charge in [0.15, 0.2) is 0 Å². The molecule has 0 aliphatic heterocycles. The average Bonchev–Trinajstić information content (AvgIpc) is 1.94. The van der Waals surface area contributed by atoms with Crippen molar-refractivity contribution in [3.8, 4) is 5.75 Å². The first-order valence-corrected chi connectivity index (χ1v) is 3.51. The number of hydrogen-bond donors (Lipinski definition) is 0. The largest absolute Gasteiger partial charge is 1.00 e. The molecular formula is C6H3BrKNO3. The maximum absolute atomic E-state index is 10.7. The summed E-state index contributed by atoms with van der Waals surface area (Å²) >= 11 is 2.90. The van der Waals surface area contributed by atoms with Crippen LogP contribution in [0.3, 0.4) is 0 Å². The standard InChI is InChI=1S/C6H4BrNO3.K/c7-5-3-4(8(10)11)1-2-6(5)9;/h1-3,9H;/q;+1/p-1. The minimum atomic E-state index is -0.551. The molecule has 0 fully saturated rings. The molecule has 0 saturated heterocycles. The van der Waals surface area contributed by atoms with Crippen LogP contribution >= 0.6 is 15.9 Å². The Kier molecular flexibility index (Phi) is 5.54. The van der Waals surface area contributed by atoms with Crippen LogP contribution in [0.1, 0.15) is 0 Å². The minimum absolute atomic E-state index is 0. The maximum Gasteiger partial charge on any atom is 1.00 e. The molecule has 0 heterocycles. The molecule has 6 heteroatoms. The van der Waals surface area contributed by atoms with Gasteiger partial charge in [-0.1, -0.05) is 27.7 Å². The van der Waals surface area contributed by atoms with Crippen molar-refractivity contribution < 1.29 is 61.4 Å². The number of nitrogens with zero attached hydrogens (tertiary/aromatic N) is 1. The second-order valence-electron chi connectivity index (χ2n) is 1.87. The molecule has 0 aromatic heterocycles. The van der Waals surface area contributed by atoms with Crippen LogP contribution in [0.15, 0.2) is 22.7 Å². The number of nitro groups is 1. The molecule has 1 aromatic rings. The molecule has 0 saturated carbocycles. The van der Waals surface area contributed by atoms with Crippen LogP contribution < -0.4 is 56.5 Å². The zero-order valence-corrected chi connectivity index (χ0v) is 11.0. The van der Waals surface area contributed by atoms with Crippen LogP contribution in [-0.4, -0.2) is 4.92 Å². The summed E-state index contributed by atoms with van der Waals surface area (Å²) in [4.78, 5) is 9.60. The zero-order chi connectivity index (χ0) is 8.43. The van der Waals surface area contributed by atoms with E-state index >= 15 is 0 Å². The molecule has 1 aromatic carbocycles. The predicted molar refractivity (Wildman–Crippen MR) is 40.2 cm³/mol. The van der Waals surface area contributed by atoms with Gasteiger partial charge in [0.2, 0.25) is 0 Å². The van der Waals surface area contributed by atoms with Gasteiger partial charge < -0.3 is 5.11 Å². The Morgan fingerprint density at radius 3 is 2.42 bits per heavy atom. The third-order valence-electron chi connectivity index (χ3n) is 1.13. The Morgan fingerprint density at radius 1 is 1.42 bits per heavy atom. The monoisotopic (exact) mass is 255 g/mol. The summed E-state index contributed by atoms with van der Waals surface area (Å²) in [5.74, 6) is -0.254. The van der Waals surface area contributed by atoms with E-state index in [1.54, 1.807) is 0 Å². The van der Waals surface area contributed by atoms with E-state index < -0.39 is 4.92 Å². The molecule has 0 aliphatic carbocycles. The van der Waals surface area contributed by atoms with Crippen molar-refractivity contribution in [1.82, 2.24) is 0 Å². The number of non-ortho nitro benzene ring substituents is 1. The number of halogens is 1. The molecule has 0 spiro atoms. The molecule has 0 radical (unpaired) electrons. The van der Waals surface area contributed by atoms with Gasteiger partial charge in [-0.25, -0.2) is 0 Å². The quantitative estimate of drug-likeness (QED) is 0.346. The molecule has 12 heavy (non-hydrogen) atoms. The molecule has 0 aliphatic rings. The number of hydrogen-bond acceptors (Lipinski definition) is 3. The Morgan fingerprint density at radius 2 is 2.00 bits per heavy atom. The van der Waals surface area contributed by atoms with Crippen LogP contribution in [0.5, 0.6) is 5.75 Å². The Hall–Kier alpha value is 0.536. The Labute approximate surface area is 120 Å². The minimum Gasteiger partial charge on any atom is -0.872 e. The second-order valence-corrected chi connectivity index (χ2v) is 2.73. The van der Waals surface area contributed by atoms with Crippen LogP contribution in [0.2, 0.25) is 0 Å². The molecule has 0 N–H and O–H groups in total. The predicted octanol–water partition coefficient (Wildman–Crippen LogP) is -1.57. The average molecular weight is 256 g/mol. The summed E-state index contributed by atoms with van der Waals surface area (Å²) < 4.78 is 0.215. The van der Waals surface area contributed by atoms with Gasteiger partial charge >= 0.3 is 51.4 Å². The van der Waals surface area contributed by atoms with Crippen molar-refractivity contribution in [3.63, 3.8) is 0 Å². The van der Waals surface area contributed by atoms with E-state index in [1.807, 2.05) is 0 Å². The van der Waals surface area contributed by atoms with Gasteiger partial charge in [0.1, 0.15) is 0 Å². The summed E-state index contributed by atoms with van der Waals surface area (Å²) in [6.45, 7) is 0. The van der Waals surface area contributed by atoms with E-state index in [-0.39, 0.29) is 67.3 Å². The smallest absolute Gasteiger partial charge is 0.872 e. The van der Waals surface area contributed by atoms with Crippen molar-refractivity contribution in [2.24, 2.45) is 0 Å². The number of nitro benzene ring substituents is 1. The van der Waals surface area contributed by atoms with Crippen molar-refractivity contribution >= 4 is 21.6 Å². The van der Waals surface area contributed by atoms with E-state index in [1.165, 1.54) is 12.1 Å². The van der Waals surface area contributed by atoms with Crippen molar-refractivity contribution in [3.05, 3.63) is 32.8 Å². The van der Waals surface area contributed by atoms with Crippen LogP contribution in [0.25, 0.3) is 0 Å². The van der Waals surface area contributed by atoms with Crippen molar-refractivity contribution in [2.75, 3.05) is 0 Å². The fraction of sp³-hybridized carbons (Fsp3) is 0. The topological polar surface area (TPSA) is 66.2 Å². The van der Waals surface area contributed by atoms with Crippen LogP contribution in [0.4, 0.5) is 5.69 Å². The summed E-state index contributed by atoms with van der Waals surface area (Å²) in [7, 11) is 0. The fourth-order valence-electron chi connectivity index (χ4n) is 0.603. The van der Waals surface area contributed by atoms with Gasteiger partial charge in [0.25, 0.3) is 5.69 Å². The molecular weight excluding hydrogens is 253 g/mol. The zero-order valence-electron chi connectivity index (χ0n) is 6.28. The first-order chi connectivity index (χ1) is 5.11. The Balaban J connectivity index is 0.00000121. The number of rotatable bonds is 1. The SMILES string of the molecule is O=[N+]([O-])c1ccc([O-])c(Br)c1.[K+]. The first kappa shape index (κ1) is 12.5. The van der Waals surface area contributed by atoms with Crippen molar-refractivity contribution in [1.29, 1.82) is 0 Å². The van der Waals surface area contributed by atoms with Gasteiger partial charge in [0.05, 0.1) is 4.92 Å². The van der Waals surface area contributed by atoms with Gasteiger partial charge in [0, 0.05) is 16.6 Å². The number of benzene rings is 1. The van der Waals surface area contributed by atoms with E-state index in [0.717, 1.165) is 6.07 Å². The van der Waals surface area contributed by atoms with Crippen LogP contribution in [-0.2, 0) is 0 Å². The van der Waals surface area contributed by atoms with E-state index in [2.05, 4.69) is 15.9 Å². The molecule has 0 atom stereocenters. The molecule has 0 unspecified atom stereocenters. The van der Waals surface area contributed by atoms with E-state index in [9.17, 15) is 15.2 Å². The summed E-state index contributed by atoms with van der Waals surface area (Å²) in [5.41, 5.74) is -0.0866. The van der Waals surface area contributed by atoms with Crippen LogP contribution in [0, 0.1) is 10.1 Å². The summed E-state index contributed by atoms with van der Waals surface area (Å²) in [6.07, 6.45) is 0. The van der Waals surface area contributed by atoms with Gasteiger partial charge in [-0.15, -0.1) is 0 Å². The molecule has 0 amide bonds. The molecule has 4 nitrogen and oxygen atoms in total. The summed E-state index contributed by atoms with van der Waals surface area (Å²) in [6, 6.07) is 3.51. The fourth-order valence-corrected chi connectivity index (χ4v) is 0.970. The van der Waals surface area contributed by atoms with Gasteiger partial charge in [-0.2, -0.15) is 0 Å². The van der Waals surface area contributed by atoms with Crippen molar-refractivity contribution in [2.45, 2.75) is 0 Å². The third-order valence-corrected chi connectivity index (χ3v) is 1.75. The first-order valence-electron chi connectivity index (χ1n) is 2.72. The molecule has 1 rings (SSSR count). The maximum atomic E-state index is 10.7. The van der Waals surface area contributed by atoms with E-state index in [0.29, 0.717) is 0 Å². The molecule has 0 bridgehead atoms. The third kappa shape index (κ3) is 3.12. The second kappa shape index (κ2) is 5.31.